The Labute approximate surface area is 133 Å². The highest BCUT2D eigenvalue weighted by Crippen LogP contribution is 2.15. The minimum Gasteiger partial charge on any atom is -0.481 e. The van der Waals surface area contributed by atoms with Gasteiger partial charge < -0.3 is 10.4 Å². The van der Waals surface area contributed by atoms with Crippen molar-refractivity contribution in [2.24, 2.45) is 5.92 Å². The topological polar surface area (TPSA) is 113 Å². The van der Waals surface area contributed by atoms with Gasteiger partial charge in [0.15, 0.2) is 0 Å². The number of sulfonamides is 1. The lowest BCUT2D eigenvalue weighted by Crippen LogP contribution is -2.46. The van der Waals surface area contributed by atoms with E-state index >= 15 is 0 Å². The first-order chi connectivity index (χ1) is 10.3. The Morgan fingerprint density at radius 1 is 1.41 bits per heavy atom. The van der Waals surface area contributed by atoms with Crippen LogP contribution in [0.5, 0.6) is 0 Å². The summed E-state index contributed by atoms with van der Waals surface area (Å²) >= 11 is 1.05. The van der Waals surface area contributed by atoms with E-state index in [1.807, 2.05) is 6.92 Å². The molecule has 1 aromatic rings. The molecule has 1 heterocycles. The number of rotatable bonds is 9. The van der Waals surface area contributed by atoms with Crippen LogP contribution in [0.15, 0.2) is 21.7 Å². The van der Waals surface area contributed by atoms with E-state index in [4.69, 9.17) is 5.11 Å². The van der Waals surface area contributed by atoms with Gasteiger partial charge in [-0.15, -0.1) is 11.3 Å². The molecule has 124 valence electrons. The molecule has 1 aromatic heterocycles. The standard InChI is InChI=1S/C13H20N2O5S2/c1-3-5-10(13(17)18)8-14-12(16)9(2)15-22(19,20)11-6-4-7-21-11/h4,6-7,9-10,15H,3,5,8H2,1-2H3,(H,14,16)(H,17,18). The van der Waals surface area contributed by atoms with Crippen molar-refractivity contribution in [3.8, 4) is 0 Å². The zero-order valence-corrected chi connectivity index (χ0v) is 14.0. The smallest absolute Gasteiger partial charge is 0.308 e. The summed E-state index contributed by atoms with van der Waals surface area (Å²) in [7, 11) is -3.73. The molecule has 0 fully saturated rings. The number of aliphatic carboxylic acids is 1. The zero-order chi connectivity index (χ0) is 16.8. The van der Waals surface area contributed by atoms with Gasteiger partial charge in [0, 0.05) is 6.54 Å². The van der Waals surface area contributed by atoms with Gasteiger partial charge >= 0.3 is 5.97 Å². The molecule has 0 aromatic carbocycles. The zero-order valence-electron chi connectivity index (χ0n) is 12.4. The van der Waals surface area contributed by atoms with E-state index in [2.05, 4.69) is 10.0 Å². The lowest BCUT2D eigenvalue weighted by atomic mass is 10.0. The fraction of sp³-hybridized carbons (Fsp3) is 0.538. The molecule has 1 rings (SSSR count). The van der Waals surface area contributed by atoms with Crippen molar-refractivity contribution >= 4 is 33.2 Å². The molecule has 0 aliphatic rings. The van der Waals surface area contributed by atoms with Gasteiger partial charge in [-0.05, 0) is 24.8 Å². The summed E-state index contributed by atoms with van der Waals surface area (Å²) in [6.07, 6.45) is 1.14. The summed E-state index contributed by atoms with van der Waals surface area (Å²) < 4.78 is 26.4. The van der Waals surface area contributed by atoms with Crippen LogP contribution < -0.4 is 10.0 Å². The van der Waals surface area contributed by atoms with Crippen LogP contribution in [0, 0.1) is 5.92 Å². The Bertz CT molecular complexity index is 598. The molecule has 2 atom stereocenters. The van der Waals surface area contributed by atoms with Crippen molar-refractivity contribution in [1.82, 2.24) is 10.0 Å². The first-order valence-electron chi connectivity index (χ1n) is 6.84. The average molecular weight is 348 g/mol. The van der Waals surface area contributed by atoms with Crippen LogP contribution in [0.2, 0.25) is 0 Å². The predicted octanol–water partition coefficient (Wildman–Crippen LogP) is 1.03. The first-order valence-corrected chi connectivity index (χ1v) is 9.20. The number of amides is 1. The molecule has 3 N–H and O–H groups in total. The second kappa shape index (κ2) is 8.25. The molecule has 1 amide bonds. The summed E-state index contributed by atoms with van der Waals surface area (Å²) in [5.41, 5.74) is 0. The highest BCUT2D eigenvalue weighted by atomic mass is 32.2. The largest absolute Gasteiger partial charge is 0.481 e. The van der Waals surface area contributed by atoms with E-state index < -0.39 is 33.9 Å². The molecular weight excluding hydrogens is 328 g/mol. The van der Waals surface area contributed by atoms with Crippen molar-refractivity contribution in [2.45, 2.75) is 36.9 Å². The van der Waals surface area contributed by atoms with Crippen molar-refractivity contribution in [2.75, 3.05) is 6.54 Å². The van der Waals surface area contributed by atoms with Gasteiger partial charge in [-0.3, -0.25) is 9.59 Å². The third kappa shape index (κ3) is 5.39. The summed E-state index contributed by atoms with van der Waals surface area (Å²) in [5.74, 6) is -2.20. The van der Waals surface area contributed by atoms with Gasteiger partial charge in [0.05, 0.1) is 12.0 Å². The maximum absolute atomic E-state index is 12.0. The van der Waals surface area contributed by atoms with E-state index in [-0.39, 0.29) is 10.8 Å². The summed E-state index contributed by atoms with van der Waals surface area (Å²) in [6, 6.07) is 2.06. The lowest BCUT2D eigenvalue weighted by molar-refractivity contribution is -0.142. The Morgan fingerprint density at radius 2 is 2.09 bits per heavy atom. The SMILES string of the molecule is CCCC(CNC(=O)C(C)NS(=O)(=O)c1cccs1)C(=O)O. The third-order valence-corrected chi connectivity index (χ3v) is 5.93. The summed E-state index contributed by atoms with van der Waals surface area (Å²) in [5, 5.41) is 13.1. The van der Waals surface area contributed by atoms with E-state index in [9.17, 15) is 18.0 Å². The van der Waals surface area contributed by atoms with Gasteiger partial charge in [0.25, 0.3) is 10.0 Å². The van der Waals surface area contributed by atoms with Crippen LogP contribution in [-0.2, 0) is 19.6 Å². The van der Waals surface area contributed by atoms with Crippen LogP contribution in [0.25, 0.3) is 0 Å². The number of nitrogens with one attached hydrogen (secondary N) is 2. The van der Waals surface area contributed by atoms with Gasteiger partial charge in [-0.1, -0.05) is 19.4 Å². The first kappa shape index (κ1) is 18.6. The molecule has 7 nitrogen and oxygen atoms in total. The molecule has 0 aliphatic carbocycles. The number of carbonyl (C=O) groups is 2. The fourth-order valence-electron chi connectivity index (χ4n) is 1.80. The maximum atomic E-state index is 12.0. The number of carboxylic acids is 1. The quantitative estimate of drug-likeness (QED) is 0.617. The van der Waals surface area contributed by atoms with Gasteiger partial charge in [0.1, 0.15) is 4.21 Å². The third-order valence-electron chi connectivity index (χ3n) is 2.99. The normalized spacial score (nSPS) is 14.3. The van der Waals surface area contributed by atoms with Gasteiger partial charge in [-0.2, -0.15) is 4.72 Å². The predicted molar refractivity (Wildman–Crippen MR) is 83.1 cm³/mol. The number of carboxylic acid groups (broad SMARTS) is 1. The van der Waals surface area contributed by atoms with Crippen LogP contribution >= 0.6 is 11.3 Å². The van der Waals surface area contributed by atoms with E-state index in [1.165, 1.54) is 13.0 Å². The second-order valence-electron chi connectivity index (χ2n) is 4.84. The van der Waals surface area contributed by atoms with E-state index in [0.29, 0.717) is 12.8 Å². The van der Waals surface area contributed by atoms with E-state index in [1.54, 1.807) is 11.4 Å². The molecule has 0 radical (unpaired) electrons. The van der Waals surface area contributed by atoms with Crippen molar-refractivity contribution in [3.63, 3.8) is 0 Å². The van der Waals surface area contributed by atoms with Crippen molar-refractivity contribution in [3.05, 3.63) is 17.5 Å². The van der Waals surface area contributed by atoms with Crippen molar-refractivity contribution in [1.29, 1.82) is 0 Å². The van der Waals surface area contributed by atoms with Gasteiger partial charge in [-0.25, -0.2) is 8.42 Å². The number of carbonyl (C=O) groups excluding carboxylic acids is 1. The number of hydrogen-bond donors (Lipinski definition) is 3. The molecule has 0 saturated carbocycles. The number of thiophene rings is 1. The molecule has 2 unspecified atom stereocenters. The minimum absolute atomic E-state index is 0.0208. The average Bonchev–Trinajstić information content (AvgIpc) is 2.97. The molecule has 0 bridgehead atoms. The molecule has 0 aliphatic heterocycles. The molecule has 0 saturated heterocycles. The van der Waals surface area contributed by atoms with Crippen LogP contribution in [-0.4, -0.2) is 38.0 Å². The number of hydrogen-bond acceptors (Lipinski definition) is 5. The summed E-state index contributed by atoms with van der Waals surface area (Å²) in [4.78, 5) is 22.9. The Hall–Kier alpha value is -1.45. The fourth-order valence-corrected chi connectivity index (χ4v) is 4.01. The molecule has 9 heteroatoms. The van der Waals surface area contributed by atoms with Gasteiger partial charge in [0.2, 0.25) is 5.91 Å². The second-order valence-corrected chi connectivity index (χ2v) is 7.73. The molecular formula is C13H20N2O5S2. The highest BCUT2D eigenvalue weighted by Gasteiger charge is 2.24. The Balaban J connectivity index is 2.57. The molecule has 0 spiro atoms. The van der Waals surface area contributed by atoms with Crippen LogP contribution in [0.1, 0.15) is 26.7 Å². The van der Waals surface area contributed by atoms with Crippen molar-refractivity contribution < 1.29 is 23.1 Å². The summed E-state index contributed by atoms with van der Waals surface area (Å²) in [6.45, 7) is 3.25. The van der Waals surface area contributed by atoms with Crippen LogP contribution in [0.4, 0.5) is 0 Å². The highest BCUT2D eigenvalue weighted by molar-refractivity contribution is 7.91. The Kier molecular flexibility index (Phi) is 6.98. The van der Waals surface area contributed by atoms with Crippen LogP contribution in [0.3, 0.4) is 0 Å². The minimum atomic E-state index is -3.73. The monoisotopic (exact) mass is 348 g/mol. The molecule has 22 heavy (non-hydrogen) atoms. The van der Waals surface area contributed by atoms with E-state index in [0.717, 1.165) is 11.3 Å². The Morgan fingerprint density at radius 3 is 2.59 bits per heavy atom. The lowest BCUT2D eigenvalue weighted by Gasteiger charge is -2.16. The maximum Gasteiger partial charge on any atom is 0.308 e.